The van der Waals surface area contributed by atoms with Gasteiger partial charge in [0, 0.05) is 32.6 Å². The molecule has 0 aliphatic carbocycles. The lowest BCUT2D eigenvalue weighted by Gasteiger charge is -2.37. The van der Waals surface area contributed by atoms with Crippen LogP contribution in [0.1, 0.15) is 57.0 Å². The smallest absolute Gasteiger partial charge is 0.282 e. The highest BCUT2D eigenvalue weighted by Crippen LogP contribution is 2.34. The summed E-state index contributed by atoms with van der Waals surface area (Å²) in [6.07, 6.45) is 2.67. The summed E-state index contributed by atoms with van der Waals surface area (Å²) in [5.74, 6) is -1.72. The third kappa shape index (κ3) is 5.64. The molecule has 44 heavy (non-hydrogen) atoms. The van der Waals surface area contributed by atoms with E-state index in [1.54, 1.807) is 31.4 Å². The van der Waals surface area contributed by atoms with Crippen molar-refractivity contribution in [1.29, 1.82) is 0 Å². The molecule has 3 aliphatic rings. The molecule has 0 bridgehead atoms. The highest BCUT2D eigenvalue weighted by Gasteiger charge is 2.46. The van der Waals surface area contributed by atoms with Crippen molar-refractivity contribution in [2.24, 2.45) is 7.05 Å². The van der Waals surface area contributed by atoms with Crippen molar-refractivity contribution in [3.05, 3.63) is 85.7 Å². The largest absolute Gasteiger partial charge is 0.488 e. The second kappa shape index (κ2) is 12.0. The number of benzene rings is 2. The van der Waals surface area contributed by atoms with E-state index in [0.717, 1.165) is 30.0 Å². The van der Waals surface area contributed by atoms with E-state index < -0.39 is 29.7 Å². The number of likely N-dealkylation sites (tertiary alicyclic amines) is 1. The number of aromatic nitrogens is 2. The number of aryl methyl sites for hydroxylation is 1. The molecule has 13 heteroatoms. The number of carbonyl (C=O) groups is 4. The Bertz CT molecular complexity index is 1720. The molecule has 3 unspecified atom stereocenters. The number of ether oxygens (including phenoxy) is 1. The predicted octanol–water partition coefficient (Wildman–Crippen LogP) is 2.42. The van der Waals surface area contributed by atoms with Gasteiger partial charge in [0.15, 0.2) is 0 Å². The maximum Gasteiger partial charge on any atom is 0.282 e. The molecule has 2 saturated heterocycles. The molecule has 0 spiro atoms. The zero-order chi connectivity index (χ0) is 31.1. The van der Waals surface area contributed by atoms with Crippen molar-refractivity contribution in [3.63, 3.8) is 0 Å². The van der Waals surface area contributed by atoms with E-state index in [9.17, 15) is 24.0 Å². The van der Waals surface area contributed by atoms with Crippen LogP contribution in [0.15, 0.2) is 57.9 Å². The van der Waals surface area contributed by atoms with Gasteiger partial charge in [0.1, 0.15) is 22.9 Å². The van der Waals surface area contributed by atoms with Gasteiger partial charge in [0.05, 0.1) is 23.0 Å². The van der Waals surface area contributed by atoms with Gasteiger partial charge in [0.25, 0.3) is 17.4 Å². The molecular weight excluding hydrogens is 632 g/mol. The van der Waals surface area contributed by atoms with Crippen molar-refractivity contribution in [2.45, 2.75) is 43.9 Å². The van der Waals surface area contributed by atoms with Crippen LogP contribution in [0.4, 0.5) is 5.69 Å². The summed E-state index contributed by atoms with van der Waals surface area (Å²) in [6, 6.07) is 12.0. The van der Waals surface area contributed by atoms with Crippen LogP contribution in [0.5, 0.6) is 5.75 Å². The molecule has 3 atom stereocenters. The first-order valence-corrected chi connectivity index (χ1v) is 15.1. The van der Waals surface area contributed by atoms with Crippen LogP contribution in [0, 0.1) is 0 Å². The monoisotopic (exact) mass is 662 g/mol. The number of nitrogens with one attached hydrogen (secondary N) is 2. The second-order valence-electron chi connectivity index (χ2n) is 11.5. The topological polar surface area (TPSA) is 143 Å². The number of nitrogens with zero attached hydrogens (tertiary/aromatic N) is 4. The first-order valence-electron chi connectivity index (χ1n) is 14.3. The first kappa shape index (κ1) is 29.7. The van der Waals surface area contributed by atoms with E-state index in [1.165, 1.54) is 10.2 Å². The minimum absolute atomic E-state index is 0.0565. The number of likely N-dealkylation sites (N-methyl/N-ethyl adjacent to an activating group) is 1. The zero-order valence-corrected chi connectivity index (χ0v) is 25.8. The van der Waals surface area contributed by atoms with Gasteiger partial charge >= 0.3 is 0 Å². The fraction of sp³-hybridized carbons (Fsp3) is 0.355. The minimum Gasteiger partial charge on any atom is -0.488 e. The maximum absolute atomic E-state index is 13.3. The fourth-order valence-corrected chi connectivity index (χ4v) is 6.62. The van der Waals surface area contributed by atoms with Gasteiger partial charge < -0.3 is 15.0 Å². The molecule has 2 fully saturated rings. The number of anilines is 1. The average molecular weight is 664 g/mol. The number of piperidine rings is 2. The molecule has 0 saturated carbocycles. The van der Waals surface area contributed by atoms with Crippen molar-refractivity contribution >= 4 is 45.2 Å². The minimum atomic E-state index is -1.03. The summed E-state index contributed by atoms with van der Waals surface area (Å²) in [5.41, 5.74) is 2.84. The second-order valence-corrected chi connectivity index (χ2v) is 12.2. The maximum atomic E-state index is 13.3. The Morgan fingerprint density at radius 2 is 1.80 bits per heavy atom. The zero-order valence-electron chi connectivity index (χ0n) is 24.2. The van der Waals surface area contributed by atoms with E-state index in [4.69, 9.17) is 4.74 Å². The first-order chi connectivity index (χ1) is 21.1. The number of halogens is 1. The van der Waals surface area contributed by atoms with Crippen molar-refractivity contribution in [3.8, 4) is 5.75 Å². The Hall–Kier alpha value is -4.36. The SMILES string of the molecule is CN1CC(Nc2cnn(C)c(=O)c2Br)CC(c2ccc(COc3cccc4c3C(=O)N(C3CCC(=O)NC3=O)C4=O)cc2)C1. The Balaban J connectivity index is 1.12. The molecule has 3 aromatic rings. The van der Waals surface area contributed by atoms with Crippen LogP contribution in [0.3, 0.4) is 0 Å². The number of hydrogen-bond donors (Lipinski definition) is 2. The van der Waals surface area contributed by atoms with Gasteiger partial charge in [-0.15, -0.1) is 0 Å². The molecule has 2 aromatic carbocycles. The molecule has 4 heterocycles. The number of fused-ring (bicyclic) bond motifs is 1. The molecule has 2 N–H and O–H groups in total. The van der Waals surface area contributed by atoms with Gasteiger partial charge in [-0.2, -0.15) is 5.10 Å². The highest BCUT2D eigenvalue weighted by atomic mass is 79.9. The predicted molar refractivity (Wildman–Crippen MR) is 163 cm³/mol. The summed E-state index contributed by atoms with van der Waals surface area (Å²) in [5, 5.41) is 9.81. The summed E-state index contributed by atoms with van der Waals surface area (Å²) in [7, 11) is 3.69. The van der Waals surface area contributed by atoms with Crippen LogP contribution in [-0.4, -0.2) is 75.4 Å². The standard InChI is InChI=1S/C31H31BrN6O6/c1-36-14-19(12-20(15-36)34-22-13-33-37(2)31(43)27(22)32)18-8-6-17(7-9-18)16-44-24-5-3-4-21-26(24)30(42)38(29(21)41)23-10-11-25(39)35-28(23)40/h3-9,13,19-20,23,34H,10-12,14-16H2,1-2H3,(H,35,39,40). The summed E-state index contributed by atoms with van der Waals surface area (Å²) in [4.78, 5) is 65.9. The van der Waals surface area contributed by atoms with Crippen LogP contribution in [0.2, 0.25) is 0 Å². The number of amides is 4. The normalized spacial score (nSPS) is 22.2. The van der Waals surface area contributed by atoms with Gasteiger partial charge in [-0.1, -0.05) is 30.3 Å². The van der Waals surface area contributed by atoms with Crippen molar-refractivity contribution in [1.82, 2.24) is 24.9 Å². The highest BCUT2D eigenvalue weighted by molar-refractivity contribution is 9.10. The van der Waals surface area contributed by atoms with E-state index in [0.29, 0.717) is 10.2 Å². The van der Waals surface area contributed by atoms with Gasteiger partial charge in [-0.3, -0.25) is 34.2 Å². The number of hydrogen-bond acceptors (Lipinski definition) is 9. The molecule has 12 nitrogen and oxygen atoms in total. The number of rotatable bonds is 7. The summed E-state index contributed by atoms with van der Waals surface area (Å²) >= 11 is 3.39. The quantitative estimate of drug-likeness (QED) is 0.365. The lowest BCUT2D eigenvalue weighted by molar-refractivity contribution is -0.136. The van der Waals surface area contributed by atoms with Gasteiger partial charge in [-0.25, -0.2) is 4.68 Å². The Kier molecular flexibility index (Phi) is 8.08. The van der Waals surface area contributed by atoms with E-state index >= 15 is 0 Å². The van der Waals surface area contributed by atoms with Crippen LogP contribution in [-0.2, 0) is 23.2 Å². The molecule has 228 valence electrons. The third-order valence-electron chi connectivity index (χ3n) is 8.35. The molecule has 3 aliphatic heterocycles. The number of imide groups is 2. The molecule has 4 amide bonds. The van der Waals surface area contributed by atoms with Crippen molar-refractivity contribution in [2.75, 3.05) is 25.5 Å². The lowest BCUT2D eigenvalue weighted by atomic mass is 9.88. The van der Waals surface area contributed by atoms with E-state index in [2.05, 4.69) is 55.7 Å². The summed E-state index contributed by atoms with van der Waals surface area (Å²) < 4.78 is 7.79. The van der Waals surface area contributed by atoms with Crippen LogP contribution in [0.25, 0.3) is 0 Å². The number of carbonyl (C=O) groups excluding carboxylic acids is 4. The van der Waals surface area contributed by atoms with E-state index in [-0.39, 0.29) is 53.8 Å². The average Bonchev–Trinajstić information content (AvgIpc) is 3.26. The van der Waals surface area contributed by atoms with E-state index in [1.807, 2.05) is 12.1 Å². The van der Waals surface area contributed by atoms with Gasteiger partial charge in [0.2, 0.25) is 11.8 Å². The molecule has 1 aromatic heterocycles. The third-order valence-corrected chi connectivity index (χ3v) is 9.11. The Morgan fingerprint density at radius 3 is 2.55 bits per heavy atom. The molecular formula is C31H31BrN6O6. The molecule has 6 rings (SSSR count). The van der Waals surface area contributed by atoms with Crippen LogP contribution >= 0.6 is 15.9 Å². The fourth-order valence-electron chi connectivity index (χ4n) is 6.15. The summed E-state index contributed by atoms with van der Waals surface area (Å²) in [6.45, 7) is 1.89. The lowest BCUT2D eigenvalue weighted by Crippen LogP contribution is -2.54. The van der Waals surface area contributed by atoms with Gasteiger partial charge in [-0.05, 0) is 65.0 Å². The molecule has 0 radical (unpaired) electrons. The Morgan fingerprint density at radius 1 is 1.02 bits per heavy atom. The van der Waals surface area contributed by atoms with Crippen molar-refractivity contribution < 1.29 is 23.9 Å². The Labute approximate surface area is 261 Å². The van der Waals surface area contributed by atoms with Crippen LogP contribution < -0.4 is 20.9 Å².